The smallest absolute Gasteiger partial charge is 0.263 e. The number of hydrogen-bond acceptors (Lipinski definition) is 5. The summed E-state index contributed by atoms with van der Waals surface area (Å²) in [7, 11) is -3.55. The lowest BCUT2D eigenvalue weighted by molar-refractivity contribution is -0.132. The Kier molecular flexibility index (Phi) is 5.28. The summed E-state index contributed by atoms with van der Waals surface area (Å²) in [6, 6.07) is 6.74. The van der Waals surface area contributed by atoms with E-state index >= 15 is 0 Å². The van der Waals surface area contributed by atoms with Crippen molar-refractivity contribution in [3.63, 3.8) is 0 Å². The average Bonchev–Trinajstić information content (AvgIpc) is 2.77. The van der Waals surface area contributed by atoms with Crippen molar-refractivity contribution in [1.82, 2.24) is 14.9 Å². The summed E-state index contributed by atoms with van der Waals surface area (Å²) < 4.78 is 26.3. The lowest BCUT2D eigenvalue weighted by Gasteiger charge is -2.33. The van der Waals surface area contributed by atoms with Crippen LogP contribution in [0.3, 0.4) is 0 Å². The molecule has 2 N–H and O–H groups in total. The standard InChI is InChI=1S/C14H18N4O3S.ClH/c1-10-8-15-6-7-18(10)13(19)9-16-14-11-4-2-3-5-12(11)22(20,21)17-14;/h2-5,10,15H,6-9H2,1H3,(H,16,17);1H. The summed E-state index contributed by atoms with van der Waals surface area (Å²) in [6.45, 7) is 4.09. The second kappa shape index (κ2) is 6.86. The topological polar surface area (TPSA) is 90.9 Å². The lowest BCUT2D eigenvalue weighted by atomic mass is 10.2. The minimum atomic E-state index is -3.55. The third-order valence-corrected chi connectivity index (χ3v) is 5.25. The van der Waals surface area contributed by atoms with Gasteiger partial charge in [0.2, 0.25) is 5.91 Å². The number of benzene rings is 1. The van der Waals surface area contributed by atoms with Crippen LogP contribution in [0.5, 0.6) is 0 Å². The van der Waals surface area contributed by atoms with Crippen molar-refractivity contribution in [3.8, 4) is 0 Å². The van der Waals surface area contributed by atoms with Gasteiger partial charge in [0.05, 0.1) is 4.90 Å². The zero-order valence-corrected chi connectivity index (χ0v) is 14.3. The Balaban J connectivity index is 0.00000192. The molecule has 1 saturated heterocycles. The number of aliphatic imine (C=N–C) groups is 1. The molecule has 0 bridgehead atoms. The molecular weight excluding hydrogens is 340 g/mol. The van der Waals surface area contributed by atoms with Gasteiger partial charge in [-0.3, -0.25) is 14.5 Å². The number of halogens is 1. The van der Waals surface area contributed by atoms with Crippen molar-refractivity contribution in [2.24, 2.45) is 4.99 Å². The Morgan fingerprint density at radius 2 is 2.13 bits per heavy atom. The van der Waals surface area contributed by atoms with Gasteiger partial charge in [-0.2, -0.15) is 0 Å². The zero-order chi connectivity index (χ0) is 15.7. The maximum absolute atomic E-state index is 12.3. The molecule has 0 radical (unpaired) electrons. The molecule has 0 spiro atoms. The predicted molar refractivity (Wildman–Crippen MR) is 89.5 cm³/mol. The summed E-state index contributed by atoms with van der Waals surface area (Å²) in [4.78, 5) is 18.4. The first-order valence-electron chi connectivity index (χ1n) is 7.16. The quantitative estimate of drug-likeness (QED) is 0.776. The van der Waals surface area contributed by atoms with Gasteiger partial charge in [0, 0.05) is 31.2 Å². The summed E-state index contributed by atoms with van der Waals surface area (Å²) in [6.07, 6.45) is 0. The molecule has 23 heavy (non-hydrogen) atoms. The predicted octanol–water partition coefficient (Wildman–Crippen LogP) is -0.0328. The molecule has 0 aromatic heterocycles. The highest BCUT2D eigenvalue weighted by molar-refractivity contribution is 7.90. The van der Waals surface area contributed by atoms with E-state index in [4.69, 9.17) is 0 Å². The van der Waals surface area contributed by atoms with Gasteiger partial charge in [0.25, 0.3) is 10.0 Å². The van der Waals surface area contributed by atoms with Gasteiger partial charge >= 0.3 is 0 Å². The van der Waals surface area contributed by atoms with E-state index in [-0.39, 0.29) is 41.6 Å². The van der Waals surface area contributed by atoms with Gasteiger partial charge in [0.1, 0.15) is 12.4 Å². The van der Waals surface area contributed by atoms with E-state index in [9.17, 15) is 13.2 Å². The highest BCUT2D eigenvalue weighted by atomic mass is 35.5. The van der Waals surface area contributed by atoms with Crippen LogP contribution in [0.1, 0.15) is 12.5 Å². The van der Waals surface area contributed by atoms with Crippen molar-refractivity contribution >= 4 is 34.2 Å². The fraction of sp³-hybridized carbons (Fsp3) is 0.429. The number of sulfonamides is 1. The first-order valence-corrected chi connectivity index (χ1v) is 8.64. The molecular formula is C14H19ClN4O3S. The second-order valence-electron chi connectivity index (χ2n) is 5.41. The Hall–Kier alpha value is -1.64. The van der Waals surface area contributed by atoms with E-state index in [1.165, 1.54) is 6.07 Å². The summed E-state index contributed by atoms with van der Waals surface area (Å²) >= 11 is 0. The van der Waals surface area contributed by atoms with Gasteiger partial charge < -0.3 is 10.2 Å². The number of fused-ring (bicyclic) bond motifs is 1. The molecule has 2 aliphatic rings. The normalized spacial score (nSPS) is 23.8. The summed E-state index contributed by atoms with van der Waals surface area (Å²) in [5.74, 6) is 0.150. The number of piperazine rings is 1. The Labute approximate surface area is 141 Å². The first-order chi connectivity index (χ1) is 10.5. The van der Waals surface area contributed by atoms with Gasteiger partial charge in [-0.05, 0) is 19.1 Å². The highest BCUT2D eigenvalue weighted by Crippen LogP contribution is 2.22. The summed E-state index contributed by atoms with van der Waals surface area (Å²) in [5, 5.41) is 3.22. The molecule has 1 unspecified atom stereocenters. The average molecular weight is 359 g/mol. The highest BCUT2D eigenvalue weighted by Gasteiger charge is 2.30. The second-order valence-corrected chi connectivity index (χ2v) is 7.06. The van der Waals surface area contributed by atoms with Crippen LogP contribution >= 0.6 is 12.4 Å². The molecule has 1 amide bonds. The van der Waals surface area contributed by atoms with Crippen LogP contribution in [0.2, 0.25) is 0 Å². The fourth-order valence-electron chi connectivity index (χ4n) is 2.70. The molecule has 1 fully saturated rings. The van der Waals surface area contributed by atoms with E-state index in [0.29, 0.717) is 12.1 Å². The third kappa shape index (κ3) is 3.49. The monoisotopic (exact) mass is 358 g/mol. The molecule has 2 aliphatic heterocycles. The molecule has 126 valence electrons. The van der Waals surface area contributed by atoms with Crippen molar-refractivity contribution in [1.29, 1.82) is 0 Å². The van der Waals surface area contributed by atoms with Crippen molar-refractivity contribution in [3.05, 3.63) is 29.8 Å². The van der Waals surface area contributed by atoms with Crippen LogP contribution in [-0.4, -0.2) is 57.3 Å². The molecule has 1 atom stereocenters. The summed E-state index contributed by atoms with van der Waals surface area (Å²) in [5.41, 5.74) is 0.517. The van der Waals surface area contributed by atoms with Crippen LogP contribution in [0.4, 0.5) is 0 Å². The minimum absolute atomic E-state index is 0. The number of nitrogens with one attached hydrogen (secondary N) is 2. The Morgan fingerprint density at radius 1 is 1.39 bits per heavy atom. The van der Waals surface area contributed by atoms with Gasteiger partial charge in [-0.1, -0.05) is 12.1 Å². The van der Waals surface area contributed by atoms with Gasteiger partial charge in [-0.25, -0.2) is 8.42 Å². The van der Waals surface area contributed by atoms with Crippen LogP contribution in [0.25, 0.3) is 0 Å². The van der Waals surface area contributed by atoms with E-state index in [0.717, 1.165) is 13.1 Å². The molecule has 9 heteroatoms. The van der Waals surface area contributed by atoms with Crippen molar-refractivity contribution in [2.75, 3.05) is 26.2 Å². The van der Waals surface area contributed by atoms with Crippen LogP contribution in [-0.2, 0) is 14.8 Å². The maximum Gasteiger partial charge on any atom is 0.263 e. The minimum Gasteiger partial charge on any atom is -0.336 e. The lowest BCUT2D eigenvalue weighted by Crippen LogP contribution is -2.53. The van der Waals surface area contributed by atoms with Crippen LogP contribution in [0.15, 0.2) is 34.2 Å². The third-order valence-electron chi connectivity index (χ3n) is 3.86. The van der Waals surface area contributed by atoms with Crippen LogP contribution in [0, 0.1) is 0 Å². The van der Waals surface area contributed by atoms with Crippen molar-refractivity contribution in [2.45, 2.75) is 17.9 Å². The fourth-order valence-corrected chi connectivity index (χ4v) is 3.95. The van der Waals surface area contributed by atoms with E-state index in [1.807, 2.05) is 6.92 Å². The molecule has 2 heterocycles. The number of amidine groups is 1. The van der Waals surface area contributed by atoms with E-state index in [2.05, 4.69) is 15.0 Å². The molecule has 3 rings (SSSR count). The maximum atomic E-state index is 12.3. The number of carbonyl (C=O) groups excluding carboxylic acids is 1. The number of hydrogen-bond donors (Lipinski definition) is 2. The molecule has 1 aromatic rings. The number of nitrogens with zero attached hydrogens (tertiary/aromatic N) is 2. The molecule has 0 saturated carbocycles. The number of amides is 1. The largest absolute Gasteiger partial charge is 0.336 e. The van der Waals surface area contributed by atoms with Crippen molar-refractivity contribution < 1.29 is 13.2 Å². The van der Waals surface area contributed by atoms with E-state index in [1.54, 1.807) is 23.1 Å². The molecule has 0 aliphatic carbocycles. The van der Waals surface area contributed by atoms with Crippen LogP contribution < -0.4 is 10.0 Å². The Bertz CT molecular complexity index is 735. The van der Waals surface area contributed by atoms with Gasteiger partial charge in [-0.15, -0.1) is 12.4 Å². The Morgan fingerprint density at radius 3 is 2.87 bits per heavy atom. The first kappa shape index (κ1) is 17.7. The van der Waals surface area contributed by atoms with E-state index < -0.39 is 10.0 Å². The number of carbonyl (C=O) groups is 1. The number of rotatable bonds is 2. The SMILES string of the molecule is CC1CNCCN1C(=O)CN=C1NS(=O)(=O)c2ccccc21.Cl. The molecule has 1 aromatic carbocycles. The van der Waals surface area contributed by atoms with Gasteiger partial charge in [0.15, 0.2) is 0 Å². The zero-order valence-electron chi connectivity index (χ0n) is 12.7. The molecule has 7 nitrogen and oxygen atoms in total.